The summed E-state index contributed by atoms with van der Waals surface area (Å²) in [6.07, 6.45) is -1.41. The van der Waals surface area contributed by atoms with E-state index in [9.17, 15) is 19.5 Å². The van der Waals surface area contributed by atoms with Crippen molar-refractivity contribution in [3.63, 3.8) is 0 Å². The SMILES string of the molecule is CC#CCC(NC(=O)OCC1c2ccccc2-c2ccccc21)C(=O)NC1CCOC1C(=O)O. The topological polar surface area (TPSA) is 114 Å². The average molecular weight is 463 g/mol. The molecule has 8 heteroatoms. The third-order valence-corrected chi connectivity index (χ3v) is 6.10. The van der Waals surface area contributed by atoms with E-state index in [1.165, 1.54) is 0 Å². The number of carbonyl (C=O) groups excluding carboxylic acids is 2. The molecule has 3 N–H and O–H groups in total. The van der Waals surface area contributed by atoms with E-state index in [4.69, 9.17) is 9.47 Å². The van der Waals surface area contributed by atoms with Crippen LogP contribution in [0.15, 0.2) is 48.5 Å². The number of carboxylic acid groups (broad SMARTS) is 1. The highest BCUT2D eigenvalue weighted by molar-refractivity contribution is 5.87. The second-order valence-corrected chi connectivity index (χ2v) is 8.19. The van der Waals surface area contributed by atoms with Crippen LogP contribution in [0.2, 0.25) is 0 Å². The zero-order valence-electron chi connectivity index (χ0n) is 18.7. The van der Waals surface area contributed by atoms with E-state index in [1.54, 1.807) is 6.92 Å². The van der Waals surface area contributed by atoms with E-state index < -0.39 is 36.2 Å². The fraction of sp³-hybridized carbons (Fsp3) is 0.346. The minimum atomic E-state index is -1.14. The van der Waals surface area contributed by atoms with Crippen molar-refractivity contribution in [1.29, 1.82) is 0 Å². The fourth-order valence-corrected chi connectivity index (χ4v) is 4.46. The first-order chi connectivity index (χ1) is 16.5. The molecule has 4 rings (SSSR count). The van der Waals surface area contributed by atoms with Gasteiger partial charge in [-0.2, -0.15) is 0 Å². The molecule has 0 bridgehead atoms. The van der Waals surface area contributed by atoms with E-state index in [0.717, 1.165) is 22.3 Å². The number of aliphatic carboxylic acids is 1. The Kier molecular flexibility index (Phi) is 7.14. The summed E-state index contributed by atoms with van der Waals surface area (Å²) in [6.45, 7) is 1.99. The van der Waals surface area contributed by atoms with E-state index in [1.807, 2.05) is 36.4 Å². The van der Waals surface area contributed by atoms with Crippen molar-refractivity contribution in [3.8, 4) is 23.0 Å². The molecular formula is C26H26N2O6. The van der Waals surface area contributed by atoms with Gasteiger partial charge in [-0.3, -0.25) is 4.79 Å². The monoisotopic (exact) mass is 462 g/mol. The van der Waals surface area contributed by atoms with Gasteiger partial charge >= 0.3 is 12.1 Å². The van der Waals surface area contributed by atoms with Gasteiger partial charge in [0.15, 0.2) is 6.10 Å². The predicted molar refractivity (Wildman–Crippen MR) is 124 cm³/mol. The van der Waals surface area contributed by atoms with Gasteiger partial charge in [-0.25, -0.2) is 9.59 Å². The maximum Gasteiger partial charge on any atom is 0.407 e. The predicted octanol–water partition coefficient (Wildman–Crippen LogP) is 2.67. The van der Waals surface area contributed by atoms with Crippen LogP contribution in [0.1, 0.15) is 36.8 Å². The Hall–Kier alpha value is -3.83. The molecule has 34 heavy (non-hydrogen) atoms. The number of hydrogen-bond donors (Lipinski definition) is 3. The van der Waals surface area contributed by atoms with Gasteiger partial charge in [-0.15, -0.1) is 11.8 Å². The van der Waals surface area contributed by atoms with E-state index in [2.05, 4.69) is 34.6 Å². The van der Waals surface area contributed by atoms with Crippen LogP contribution < -0.4 is 10.6 Å². The quantitative estimate of drug-likeness (QED) is 0.545. The standard InChI is InChI=1S/C26H26N2O6/c1-2-3-12-22(24(29)27-21-13-14-33-23(21)25(30)31)28-26(32)34-15-20-18-10-6-4-8-16(18)17-9-5-7-11-19(17)20/h4-11,20-23H,12-15H2,1H3,(H,27,29)(H,28,32)(H,30,31). The molecule has 176 valence electrons. The Balaban J connectivity index is 1.40. The lowest BCUT2D eigenvalue weighted by Gasteiger charge is -2.21. The summed E-state index contributed by atoms with van der Waals surface area (Å²) >= 11 is 0. The number of amides is 2. The van der Waals surface area contributed by atoms with Gasteiger partial charge in [0.25, 0.3) is 0 Å². The van der Waals surface area contributed by atoms with Crippen LogP contribution in [0, 0.1) is 11.8 Å². The molecule has 1 heterocycles. The summed E-state index contributed by atoms with van der Waals surface area (Å²) in [5.74, 6) is 3.72. The largest absolute Gasteiger partial charge is 0.479 e. The molecule has 2 amide bonds. The van der Waals surface area contributed by atoms with Crippen LogP contribution >= 0.6 is 0 Å². The first-order valence-electron chi connectivity index (χ1n) is 11.2. The number of carboxylic acids is 1. The number of fused-ring (bicyclic) bond motifs is 3. The second kappa shape index (κ2) is 10.4. The van der Waals surface area contributed by atoms with E-state index >= 15 is 0 Å². The minimum absolute atomic E-state index is 0.0673. The normalized spacial score (nSPS) is 19.2. The summed E-state index contributed by atoms with van der Waals surface area (Å²) < 4.78 is 10.7. The van der Waals surface area contributed by atoms with Crippen LogP contribution in [0.5, 0.6) is 0 Å². The van der Waals surface area contributed by atoms with Crippen LogP contribution in [0.25, 0.3) is 11.1 Å². The molecule has 0 saturated carbocycles. The van der Waals surface area contributed by atoms with Gasteiger partial charge in [0.05, 0.1) is 6.04 Å². The number of ether oxygens (including phenoxy) is 2. The lowest BCUT2D eigenvalue weighted by atomic mass is 9.98. The van der Waals surface area contributed by atoms with Crippen molar-refractivity contribution in [2.75, 3.05) is 13.2 Å². The highest BCUT2D eigenvalue weighted by Crippen LogP contribution is 2.44. The Morgan fingerprint density at radius 3 is 2.38 bits per heavy atom. The number of nitrogens with one attached hydrogen (secondary N) is 2. The zero-order chi connectivity index (χ0) is 24.1. The molecular weight excluding hydrogens is 436 g/mol. The maximum atomic E-state index is 12.8. The number of alkyl carbamates (subject to hydrolysis) is 1. The Bertz CT molecular complexity index is 1110. The number of carbonyl (C=O) groups is 3. The van der Waals surface area contributed by atoms with Gasteiger partial charge in [0, 0.05) is 18.9 Å². The van der Waals surface area contributed by atoms with Gasteiger partial charge in [0.1, 0.15) is 12.6 Å². The van der Waals surface area contributed by atoms with Gasteiger partial charge < -0.3 is 25.2 Å². The summed E-state index contributed by atoms with van der Waals surface area (Å²) in [7, 11) is 0. The van der Waals surface area contributed by atoms with E-state index in [0.29, 0.717) is 6.42 Å². The van der Waals surface area contributed by atoms with Crippen molar-refractivity contribution in [2.24, 2.45) is 0 Å². The molecule has 1 aliphatic heterocycles. The summed E-state index contributed by atoms with van der Waals surface area (Å²) in [5, 5.41) is 14.5. The van der Waals surface area contributed by atoms with Crippen LogP contribution in [0.4, 0.5) is 4.79 Å². The first-order valence-corrected chi connectivity index (χ1v) is 11.2. The third-order valence-electron chi connectivity index (χ3n) is 6.10. The van der Waals surface area contributed by atoms with Crippen molar-refractivity contribution in [3.05, 3.63) is 59.7 Å². The minimum Gasteiger partial charge on any atom is -0.479 e. The molecule has 0 aromatic heterocycles. The van der Waals surface area contributed by atoms with Gasteiger partial charge in [0.2, 0.25) is 5.91 Å². The van der Waals surface area contributed by atoms with Crippen molar-refractivity contribution < 1.29 is 29.0 Å². The fourth-order valence-electron chi connectivity index (χ4n) is 4.46. The smallest absolute Gasteiger partial charge is 0.407 e. The summed E-state index contributed by atoms with van der Waals surface area (Å²) in [6, 6.07) is 14.4. The number of benzene rings is 2. The van der Waals surface area contributed by atoms with Gasteiger partial charge in [-0.1, -0.05) is 48.5 Å². The van der Waals surface area contributed by atoms with Crippen molar-refractivity contribution in [1.82, 2.24) is 10.6 Å². The highest BCUT2D eigenvalue weighted by Gasteiger charge is 2.37. The van der Waals surface area contributed by atoms with Crippen LogP contribution in [0.3, 0.4) is 0 Å². The third kappa shape index (κ3) is 4.90. The second-order valence-electron chi connectivity index (χ2n) is 8.19. The molecule has 1 fully saturated rings. The summed E-state index contributed by atoms with van der Waals surface area (Å²) in [4.78, 5) is 36.7. The molecule has 2 aromatic carbocycles. The molecule has 2 aliphatic rings. The zero-order valence-corrected chi connectivity index (χ0v) is 18.7. The Labute approximate surface area is 197 Å². The lowest BCUT2D eigenvalue weighted by molar-refractivity contribution is -0.148. The molecule has 2 aromatic rings. The molecule has 3 unspecified atom stereocenters. The Morgan fingerprint density at radius 1 is 1.12 bits per heavy atom. The highest BCUT2D eigenvalue weighted by atomic mass is 16.5. The lowest BCUT2D eigenvalue weighted by Crippen LogP contribution is -2.52. The number of hydrogen-bond acceptors (Lipinski definition) is 5. The first kappa shape index (κ1) is 23.3. The molecule has 0 spiro atoms. The average Bonchev–Trinajstić information content (AvgIpc) is 3.43. The molecule has 1 saturated heterocycles. The number of rotatable bonds is 7. The van der Waals surface area contributed by atoms with Crippen molar-refractivity contribution >= 4 is 18.0 Å². The Morgan fingerprint density at radius 2 is 1.76 bits per heavy atom. The van der Waals surface area contributed by atoms with Gasteiger partial charge in [-0.05, 0) is 35.6 Å². The van der Waals surface area contributed by atoms with E-state index in [-0.39, 0.29) is 25.6 Å². The van der Waals surface area contributed by atoms with Crippen LogP contribution in [-0.4, -0.2) is 54.5 Å². The van der Waals surface area contributed by atoms with Crippen LogP contribution in [-0.2, 0) is 19.1 Å². The molecule has 8 nitrogen and oxygen atoms in total. The maximum absolute atomic E-state index is 12.8. The summed E-state index contributed by atoms with van der Waals surface area (Å²) in [5.41, 5.74) is 4.41. The molecule has 1 aliphatic carbocycles. The molecule has 0 radical (unpaired) electrons. The van der Waals surface area contributed by atoms with Crippen molar-refractivity contribution in [2.45, 2.75) is 43.9 Å². The molecule has 3 atom stereocenters.